The monoisotopic (exact) mass is 308 g/mol. The highest BCUT2D eigenvalue weighted by Gasteiger charge is 2.23. The van der Waals surface area contributed by atoms with E-state index in [1.807, 2.05) is 23.1 Å². The Labute approximate surface area is 138 Å². The Balaban J connectivity index is 1.49. The van der Waals surface area contributed by atoms with Crippen molar-refractivity contribution in [3.05, 3.63) is 65.7 Å². The second-order valence-electron chi connectivity index (χ2n) is 6.39. The van der Waals surface area contributed by atoms with Crippen molar-refractivity contribution in [1.82, 2.24) is 4.90 Å². The quantitative estimate of drug-likeness (QED) is 0.874. The first-order valence-corrected chi connectivity index (χ1v) is 8.41. The topological polar surface area (TPSA) is 46.3 Å². The largest absolute Gasteiger partial charge is 0.399 e. The molecule has 0 bridgehead atoms. The standard InChI is InChI=1S/C20H24N2O/c21-19-8-4-7-18(15-19)20(23)22-13-11-17(12-14-22)10-9-16-5-2-1-3-6-16/h1-8,15,17H,9-14,21H2. The van der Waals surface area contributed by atoms with Gasteiger partial charge in [-0.2, -0.15) is 0 Å². The molecule has 1 saturated heterocycles. The first kappa shape index (κ1) is 15.6. The molecule has 1 amide bonds. The molecule has 23 heavy (non-hydrogen) atoms. The van der Waals surface area contributed by atoms with Crippen LogP contribution < -0.4 is 5.73 Å². The molecule has 0 saturated carbocycles. The Kier molecular flexibility index (Phi) is 4.96. The van der Waals surface area contributed by atoms with Gasteiger partial charge in [0.1, 0.15) is 0 Å². The van der Waals surface area contributed by atoms with E-state index in [0.29, 0.717) is 11.3 Å². The Morgan fingerprint density at radius 1 is 1.04 bits per heavy atom. The van der Waals surface area contributed by atoms with Gasteiger partial charge >= 0.3 is 0 Å². The molecule has 0 radical (unpaired) electrons. The van der Waals surface area contributed by atoms with Crippen LogP contribution in [0.3, 0.4) is 0 Å². The summed E-state index contributed by atoms with van der Waals surface area (Å²) in [7, 11) is 0. The maximum absolute atomic E-state index is 12.5. The van der Waals surface area contributed by atoms with Crippen molar-refractivity contribution < 1.29 is 4.79 Å². The number of rotatable bonds is 4. The van der Waals surface area contributed by atoms with Gasteiger partial charge in [-0.05, 0) is 55.4 Å². The number of anilines is 1. The van der Waals surface area contributed by atoms with E-state index in [2.05, 4.69) is 30.3 Å². The number of carbonyl (C=O) groups excluding carboxylic acids is 1. The summed E-state index contributed by atoms with van der Waals surface area (Å²) in [5.74, 6) is 0.832. The van der Waals surface area contributed by atoms with Gasteiger partial charge in [-0.25, -0.2) is 0 Å². The molecule has 3 nitrogen and oxygen atoms in total. The molecule has 1 aliphatic heterocycles. The molecule has 1 heterocycles. The predicted octanol–water partition coefficient (Wildman–Crippen LogP) is 3.75. The van der Waals surface area contributed by atoms with Gasteiger partial charge in [-0.3, -0.25) is 4.79 Å². The summed E-state index contributed by atoms with van der Waals surface area (Å²) in [6.45, 7) is 1.71. The summed E-state index contributed by atoms with van der Waals surface area (Å²) in [5, 5.41) is 0. The number of carbonyl (C=O) groups is 1. The van der Waals surface area contributed by atoms with Crippen LogP contribution in [0.4, 0.5) is 5.69 Å². The van der Waals surface area contributed by atoms with Crippen LogP contribution in [0.2, 0.25) is 0 Å². The van der Waals surface area contributed by atoms with E-state index in [1.165, 1.54) is 12.0 Å². The summed E-state index contributed by atoms with van der Waals surface area (Å²) in [6, 6.07) is 17.9. The van der Waals surface area contributed by atoms with Crippen LogP contribution in [0.5, 0.6) is 0 Å². The lowest BCUT2D eigenvalue weighted by atomic mass is 9.90. The number of hydrogen-bond acceptors (Lipinski definition) is 2. The van der Waals surface area contributed by atoms with Crippen LogP contribution in [-0.4, -0.2) is 23.9 Å². The predicted molar refractivity (Wildman–Crippen MR) is 94.2 cm³/mol. The number of nitrogen functional groups attached to an aromatic ring is 1. The summed E-state index contributed by atoms with van der Waals surface area (Å²) < 4.78 is 0. The molecule has 3 heteroatoms. The van der Waals surface area contributed by atoms with E-state index in [4.69, 9.17) is 5.73 Å². The molecule has 0 unspecified atom stereocenters. The van der Waals surface area contributed by atoms with Gasteiger partial charge in [0.25, 0.3) is 5.91 Å². The van der Waals surface area contributed by atoms with Gasteiger partial charge in [0.05, 0.1) is 0 Å². The fourth-order valence-corrected chi connectivity index (χ4v) is 3.29. The first-order chi connectivity index (χ1) is 11.2. The minimum atomic E-state index is 0.110. The van der Waals surface area contributed by atoms with Crippen LogP contribution in [-0.2, 0) is 6.42 Å². The number of benzene rings is 2. The fraction of sp³-hybridized carbons (Fsp3) is 0.350. The highest BCUT2D eigenvalue weighted by atomic mass is 16.2. The Hall–Kier alpha value is -2.29. The molecule has 2 N–H and O–H groups in total. The number of nitrogens with zero attached hydrogens (tertiary/aromatic N) is 1. The number of piperidine rings is 1. The minimum Gasteiger partial charge on any atom is -0.399 e. The number of aryl methyl sites for hydroxylation is 1. The smallest absolute Gasteiger partial charge is 0.253 e. The van der Waals surface area contributed by atoms with Crippen molar-refractivity contribution >= 4 is 11.6 Å². The average Bonchev–Trinajstić information content (AvgIpc) is 2.61. The van der Waals surface area contributed by atoms with Gasteiger partial charge < -0.3 is 10.6 Å². The number of nitrogens with two attached hydrogens (primary N) is 1. The molecule has 3 rings (SSSR count). The van der Waals surface area contributed by atoms with Crippen LogP contribution in [0.1, 0.15) is 35.2 Å². The Morgan fingerprint density at radius 3 is 2.48 bits per heavy atom. The summed E-state index contributed by atoms with van der Waals surface area (Å²) in [6.07, 6.45) is 4.54. The van der Waals surface area contributed by atoms with Crippen molar-refractivity contribution in [2.45, 2.75) is 25.7 Å². The summed E-state index contributed by atoms with van der Waals surface area (Å²) >= 11 is 0. The van der Waals surface area contributed by atoms with Crippen molar-refractivity contribution in [2.75, 3.05) is 18.8 Å². The molecule has 1 fully saturated rings. The number of hydrogen-bond donors (Lipinski definition) is 1. The van der Waals surface area contributed by atoms with E-state index in [1.54, 1.807) is 6.07 Å². The molecule has 2 aromatic rings. The van der Waals surface area contributed by atoms with Crippen LogP contribution in [0.25, 0.3) is 0 Å². The van der Waals surface area contributed by atoms with Gasteiger partial charge in [0, 0.05) is 24.3 Å². The normalized spacial score (nSPS) is 15.6. The maximum Gasteiger partial charge on any atom is 0.253 e. The van der Waals surface area contributed by atoms with Crippen LogP contribution in [0, 0.1) is 5.92 Å². The maximum atomic E-state index is 12.5. The zero-order valence-electron chi connectivity index (χ0n) is 13.4. The summed E-state index contributed by atoms with van der Waals surface area (Å²) in [4.78, 5) is 14.5. The van der Waals surface area contributed by atoms with Crippen molar-refractivity contribution in [1.29, 1.82) is 0 Å². The first-order valence-electron chi connectivity index (χ1n) is 8.41. The van der Waals surface area contributed by atoms with Gasteiger partial charge in [-0.1, -0.05) is 36.4 Å². The molecule has 0 spiro atoms. The molecule has 2 aromatic carbocycles. The second kappa shape index (κ2) is 7.32. The molecule has 120 valence electrons. The highest BCUT2D eigenvalue weighted by Crippen LogP contribution is 2.23. The zero-order valence-corrected chi connectivity index (χ0v) is 13.4. The molecular formula is C20H24N2O. The molecule has 0 atom stereocenters. The third kappa shape index (κ3) is 4.13. The second-order valence-corrected chi connectivity index (χ2v) is 6.39. The van der Waals surface area contributed by atoms with Crippen molar-refractivity contribution in [2.24, 2.45) is 5.92 Å². The zero-order chi connectivity index (χ0) is 16.1. The third-order valence-corrected chi connectivity index (χ3v) is 4.72. The average molecular weight is 308 g/mol. The van der Waals surface area contributed by atoms with E-state index in [0.717, 1.165) is 38.3 Å². The van der Waals surface area contributed by atoms with Gasteiger partial charge in [-0.15, -0.1) is 0 Å². The Bertz CT molecular complexity index is 646. The molecule has 0 aromatic heterocycles. The lowest BCUT2D eigenvalue weighted by Gasteiger charge is -2.32. The van der Waals surface area contributed by atoms with E-state index >= 15 is 0 Å². The van der Waals surface area contributed by atoms with Crippen molar-refractivity contribution in [3.8, 4) is 0 Å². The molecule has 0 aliphatic carbocycles. The van der Waals surface area contributed by atoms with Gasteiger partial charge in [0.2, 0.25) is 0 Å². The fourth-order valence-electron chi connectivity index (χ4n) is 3.29. The van der Waals surface area contributed by atoms with E-state index in [9.17, 15) is 4.79 Å². The summed E-state index contributed by atoms with van der Waals surface area (Å²) in [5.41, 5.74) is 8.53. The highest BCUT2D eigenvalue weighted by molar-refractivity contribution is 5.95. The van der Waals surface area contributed by atoms with E-state index < -0.39 is 0 Å². The van der Waals surface area contributed by atoms with Gasteiger partial charge in [0.15, 0.2) is 0 Å². The minimum absolute atomic E-state index is 0.110. The molecular weight excluding hydrogens is 284 g/mol. The number of amides is 1. The Morgan fingerprint density at radius 2 is 1.78 bits per heavy atom. The van der Waals surface area contributed by atoms with E-state index in [-0.39, 0.29) is 5.91 Å². The van der Waals surface area contributed by atoms with Crippen LogP contribution in [0.15, 0.2) is 54.6 Å². The lowest BCUT2D eigenvalue weighted by Crippen LogP contribution is -2.38. The SMILES string of the molecule is Nc1cccc(C(=O)N2CCC(CCc3ccccc3)CC2)c1. The number of likely N-dealkylation sites (tertiary alicyclic amines) is 1. The molecule has 1 aliphatic rings. The van der Waals surface area contributed by atoms with Crippen molar-refractivity contribution in [3.63, 3.8) is 0 Å². The van der Waals surface area contributed by atoms with Crippen LogP contribution >= 0.6 is 0 Å². The third-order valence-electron chi connectivity index (χ3n) is 4.72. The lowest BCUT2D eigenvalue weighted by molar-refractivity contribution is 0.0687.